The quantitative estimate of drug-likeness (QED) is 0.862. The average Bonchev–Trinajstić information content (AvgIpc) is 2.59. The van der Waals surface area contributed by atoms with E-state index >= 15 is 0 Å². The minimum Gasteiger partial charge on any atom is -0.389 e. The third-order valence-electron chi connectivity index (χ3n) is 3.90. The third kappa shape index (κ3) is 4.41. The molecule has 0 saturated heterocycles. The SMILES string of the molecule is CNCCN(C)C(=O)c1ccc(-c2ccc([C@H](C)O)cc2)cc1. The van der Waals surface area contributed by atoms with Crippen LogP contribution in [0.3, 0.4) is 0 Å². The summed E-state index contributed by atoms with van der Waals surface area (Å²) in [6.45, 7) is 3.20. The lowest BCUT2D eigenvalue weighted by Crippen LogP contribution is -2.32. The van der Waals surface area contributed by atoms with Crippen LogP contribution in [0.25, 0.3) is 11.1 Å². The molecule has 0 heterocycles. The second-order valence-electron chi connectivity index (χ2n) is 5.71. The fourth-order valence-corrected chi connectivity index (χ4v) is 2.36. The van der Waals surface area contributed by atoms with Crippen molar-refractivity contribution in [3.05, 3.63) is 59.7 Å². The predicted molar refractivity (Wildman–Crippen MR) is 93.4 cm³/mol. The van der Waals surface area contributed by atoms with Crippen LogP contribution in [0.5, 0.6) is 0 Å². The minimum absolute atomic E-state index is 0.0243. The first-order chi connectivity index (χ1) is 11.0. The van der Waals surface area contributed by atoms with E-state index in [1.54, 1.807) is 11.8 Å². The third-order valence-corrected chi connectivity index (χ3v) is 3.90. The van der Waals surface area contributed by atoms with E-state index in [9.17, 15) is 9.90 Å². The van der Waals surface area contributed by atoms with Gasteiger partial charge < -0.3 is 15.3 Å². The van der Waals surface area contributed by atoms with E-state index in [2.05, 4.69) is 5.32 Å². The molecule has 2 rings (SSSR count). The number of benzene rings is 2. The Hall–Kier alpha value is -2.17. The van der Waals surface area contributed by atoms with Gasteiger partial charge >= 0.3 is 0 Å². The summed E-state index contributed by atoms with van der Waals surface area (Å²) in [6, 6.07) is 15.4. The minimum atomic E-state index is -0.461. The number of hydrogen-bond acceptors (Lipinski definition) is 3. The van der Waals surface area contributed by atoms with E-state index in [-0.39, 0.29) is 5.91 Å². The number of aliphatic hydroxyl groups excluding tert-OH is 1. The molecule has 0 aliphatic rings. The maximum absolute atomic E-state index is 12.3. The molecule has 23 heavy (non-hydrogen) atoms. The second-order valence-corrected chi connectivity index (χ2v) is 5.71. The van der Waals surface area contributed by atoms with Crippen molar-refractivity contribution in [2.24, 2.45) is 0 Å². The van der Waals surface area contributed by atoms with E-state index in [1.165, 1.54) is 0 Å². The van der Waals surface area contributed by atoms with Gasteiger partial charge in [0.2, 0.25) is 0 Å². The van der Waals surface area contributed by atoms with E-state index in [0.717, 1.165) is 23.2 Å². The van der Waals surface area contributed by atoms with E-state index < -0.39 is 6.10 Å². The molecule has 1 amide bonds. The molecule has 2 aromatic carbocycles. The topological polar surface area (TPSA) is 52.6 Å². The molecule has 0 saturated carbocycles. The molecule has 0 radical (unpaired) electrons. The summed E-state index contributed by atoms with van der Waals surface area (Å²) in [7, 11) is 3.68. The monoisotopic (exact) mass is 312 g/mol. The number of nitrogens with zero attached hydrogens (tertiary/aromatic N) is 1. The molecule has 0 aliphatic heterocycles. The highest BCUT2D eigenvalue weighted by Gasteiger charge is 2.11. The van der Waals surface area contributed by atoms with Gasteiger partial charge in [0, 0.05) is 25.7 Å². The van der Waals surface area contributed by atoms with Gasteiger partial charge in [-0.2, -0.15) is 0 Å². The molecule has 122 valence electrons. The number of hydrogen-bond donors (Lipinski definition) is 2. The largest absolute Gasteiger partial charge is 0.389 e. The molecular weight excluding hydrogens is 288 g/mol. The summed E-state index contributed by atoms with van der Waals surface area (Å²) < 4.78 is 0. The Morgan fingerprint density at radius 3 is 2.09 bits per heavy atom. The van der Waals surface area contributed by atoms with Gasteiger partial charge in [0.15, 0.2) is 0 Å². The van der Waals surface area contributed by atoms with Crippen LogP contribution in [0.4, 0.5) is 0 Å². The normalized spacial score (nSPS) is 12.0. The van der Waals surface area contributed by atoms with E-state index in [1.807, 2.05) is 62.6 Å². The Morgan fingerprint density at radius 1 is 1.09 bits per heavy atom. The molecule has 4 nitrogen and oxygen atoms in total. The van der Waals surface area contributed by atoms with Crippen molar-refractivity contribution in [3.63, 3.8) is 0 Å². The molecule has 0 unspecified atom stereocenters. The molecule has 2 aromatic rings. The number of carbonyl (C=O) groups excluding carboxylic acids is 1. The fraction of sp³-hybridized carbons (Fsp3) is 0.316. The maximum Gasteiger partial charge on any atom is 0.253 e. The number of likely N-dealkylation sites (N-methyl/N-ethyl adjacent to an activating group) is 2. The van der Waals surface area contributed by atoms with Gasteiger partial charge in [-0.25, -0.2) is 0 Å². The van der Waals surface area contributed by atoms with Crippen molar-refractivity contribution in [1.82, 2.24) is 10.2 Å². The van der Waals surface area contributed by atoms with Crippen LogP contribution in [0.1, 0.15) is 28.9 Å². The zero-order valence-electron chi connectivity index (χ0n) is 13.9. The fourth-order valence-electron chi connectivity index (χ4n) is 2.36. The van der Waals surface area contributed by atoms with Gasteiger partial charge in [-0.05, 0) is 42.8 Å². The number of carbonyl (C=O) groups is 1. The highest BCUT2D eigenvalue weighted by Crippen LogP contribution is 2.22. The lowest BCUT2D eigenvalue weighted by Gasteiger charge is -2.17. The van der Waals surface area contributed by atoms with Gasteiger partial charge in [-0.15, -0.1) is 0 Å². The molecular formula is C19H24N2O2. The summed E-state index contributed by atoms with van der Waals surface area (Å²) >= 11 is 0. The zero-order chi connectivity index (χ0) is 16.8. The Kier molecular flexibility index (Phi) is 5.90. The van der Waals surface area contributed by atoms with E-state index in [0.29, 0.717) is 12.1 Å². The number of nitrogens with one attached hydrogen (secondary N) is 1. The molecule has 0 aliphatic carbocycles. The average molecular weight is 312 g/mol. The lowest BCUT2D eigenvalue weighted by molar-refractivity contribution is 0.0797. The standard InChI is InChI=1S/C19H24N2O2/c1-14(22)15-4-6-16(7-5-15)17-8-10-18(11-9-17)19(23)21(3)13-12-20-2/h4-11,14,20,22H,12-13H2,1-3H3/t14-/m0/s1. The van der Waals surface area contributed by atoms with Gasteiger partial charge in [-0.1, -0.05) is 36.4 Å². The van der Waals surface area contributed by atoms with Gasteiger partial charge in [0.1, 0.15) is 0 Å². The number of rotatable bonds is 6. The van der Waals surface area contributed by atoms with Crippen LogP contribution >= 0.6 is 0 Å². The summed E-state index contributed by atoms with van der Waals surface area (Å²) in [4.78, 5) is 14.0. The summed E-state index contributed by atoms with van der Waals surface area (Å²) in [5.41, 5.74) is 3.70. The van der Waals surface area contributed by atoms with Gasteiger partial charge in [0.25, 0.3) is 5.91 Å². The second kappa shape index (κ2) is 7.90. The molecule has 0 fully saturated rings. The first kappa shape index (κ1) is 17.2. The van der Waals surface area contributed by atoms with Crippen LogP contribution in [0.15, 0.2) is 48.5 Å². The molecule has 1 atom stereocenters. The Morgan fingerprint density at radius 2 is 1.61 bits per heavy atom. The molecule has 0 bridgehead atoms. The predicted octanol–water partition coefficient (Wildman–Crippen LogP) is 2.70. The Balaban J connectivity index is 2.11. The van der Waals surface area contributed by atoms with Gasteiger partial charge in [0.05, 0.1) is 6.10 Å². The lowest BCUT2D eigenvalue weighted by atomic mass is 10.0. The summed E-state index contributed by atoms with van der Waals surface area (Å²) in [6.07, 6.45) is -0.461. The van der Waals surface area contributed by atoms with Crippen LogP contribution in [0, 0.1) is 0 Å². The molecule has 4 heteroatoms. The number of amides is 1. The van der Waals surface area contributed by atoms with Crippen LogP contribution in [0.2, 0.25) is 0 Å². The van der Waals surface area contributed by atoms with Crippen molar-refractivity contribution in [3.8, 4) is 11.1 Å². The first-order valence-corrected chi connectivity index (χ1v) is 7.81. The van der Waals surface area contributed by atoms with Crippen molar-refractivity contribution >= 4 is 5.91 Å². The van der Waals surface area contributed by atoms with Crippen molar-refractivity contribution in [2.75, 3.05) is 27.2 Å². The first-order valence-electron chi connectivity index (χ1n) is 7.81. The van der Waals surface area contributed by atoms with Crippen molar-refractivity contribution < 1.29 is 9.90 Å². The van der Waals surface area contributed by atoms with Crippen LogP contribution in [-0.4, -0.2) is 43.1 Å². The Bertz CT molecular complexity index is 633. The maximum atomic E-state index is 12.3. The van der Waals surface area contributed by atoms with E-state index in [4.69, 9.17) is 0 Å². The van der Waals surface area contributed by atoms with Crippen molar-refractivity contribution in [1.29, 1.82) is 0 Å². The highest BCUT2D eigenvalue weighted by atomic mass is 16.3. The summed E-state index contributed by atoms with van der Waals surface area (Å²) in [5.74, 6) is 0.0243. The summed E-state index contributed by atoms with van der Waals surface area (Å²) in [5, 5.41) is 12.6. The smallest absolute Gasteiger partial charge is 0.253 e. The molecule has 0 spiro atoms. The number of aliphatic hydroxyl groups is 1. The van der Waals surface area contributed by atoms with Crippen molar-refractivity contribution in [2.45, 2.75) is 13.0 Å². The van der Waals surface area contributed by atoms with Crippen LogP contribution in [-0.2, 0) is 0 Å². The molecule has 2 N–H and O–H groups in total. The highest BCUT2D eigenvalue weighted by molar-refractivity contribution is 5.94. The Labute approximate surface area is 137 Å². The zero-order valence-corrected chi connectivity index (χ0v) is 13.9. The van der Waals surface area contributed by atoms with Gasteiger partial charge in [-0.3, -0.25) is 4.79 Å². The molecule has 0 aromatic heterocycles. The van der Waals surface area contributed by atoms with Crippen LogP contribution < -0.4 is 5.32 Å².